The van der Waals surface area contributed by atoms with Crippen LogP contribution in [0, 0.1) is 0 Å². The SMILES string of the molecule is CN(CCCCO)CCc1ccc(Cl)s1. The summed E-state index contributed by atoms with van der Waals surface area (Å²) in [4.78, 5) is 3.64. The number of halogens is 1. The fourth-order valence-corrected chi connectivity index (χ4v) is 2.47. The van der Waals surface area contributed by atoms with E-state index < -0.39 is 0 Å². The summed E-state index contributed by atoms with van der Waals surface area (Å²) in [6.45, 7) is 2.41. The quantitative estimate of drug-likeness (QED) is 0.749. The first kappa shape index (κ1) is 13.0. The van der Waals surface area contributed by atoms with Crippen LogP contribution in [0.25, 0.3) is 0 Å². The van der Waals surface area contributed by atoms with Gasteiger partial charge in [0.1, 0.15) is 0 Å². The molecule has 15 heavy (non-hydrogen) atoms. The molecule has 1 aromatic rings. The highest BCUT2D eigenvalue weighted by molar-refractivity contribution is 7.16. The van der Waals surface area contributed by atoms with E-state index in [0.29, 0.717) is 6.61 Å². The van der Waals surface area contributed by atoms with Gasteiger partial charge in [0.05, 0.1) is 4.34 Å². The van der Waals surface area contributed by atoms with Gasteiger partial charge in [-0.25, -0.2) is 0 Å². The molecule has 1 N–H and O–H groups in total. The van der Waals surface area contributed by atoms with Gasteiger partial charge in [0, 0.05) is 18.0 Å². The van der Waals surface area contributed by atoms with Crippen molar-refractivity contribution in [2.45, 2.75) is 19.3 Å². The number of aliphatic hydroxyl groups excluding tert-OH is 1. The van der Waals surface area contributed by atoms with Crippen LogP contribution in [-0.2, 0) is 6.42 Å². The number of hydrogen-bond donors (Lipinski definition) is 1. The van der Waals surface area contributed by atoms with Gasteiger partial charge < -0.3 is 10.0 Å². The van der Waals surface area contributed by atoms with E-state index in [4.69, 9.17) is 16.7 Å². The number of nitrogens with zero attached hydrogens (tertiary/aromatic N) is 1. The summed E-state index contributed by atoms with van der Waals surface area (Å²) in [7, 11) is 2.12. The third-order valence-corrected chi connectivity index (χ3v) is 3.61. The van der Waals surface area contributed by atoms with E-state index in [1.54, 1.807) is 11.3 Å². The van der Waals surface area contributed by atoms with E-state index in [1.807, 2.05) is 6.07 Å². The van der Waals surface area contributed by atoms with Crippen LogP contribution in [0.3, 0.4) is 0 Å². The summed E-state index contributed by atoms with van der Waals surface area (Å²) < 4.78 is 0.868. The Morgan fingerprint density at radius 3 is 2.73 bits per heavy atom. The highest BCUT2D eigenvalue weighted by Gasteiger charge is 2.01. The van der Waals surface area contributed by atoms with Crippen molar-refractivity contribution in [1.82, 2.24) is 4.90 Å². The Hall–Kier alpha value is -0.0900. The minimum absolute atomic E-state index is 0.300. The molecule has 0 aliphatic heterocycles. The number of rotatable bonds is 7. The maximum atomic E-state index is 8.66. The largest absolute Gasteiger partial charge is 0.396 e. The molecule has 0 unspecified atom stereocenters. The number of aliphatic hydroxyl groups is 1. The second kappa shape index (κ2) is 7.23. The molecule has 1 aromatic heterocycles. The average Bonchev–Trinajstić information content (AvgIpc) is 2.62. The second-order valence-electron chi connectivity index (χ2n) is 3.69. The molecule has 1 heterocycles. The van der Waals surface area contributed by atoms with Gasteiger partial charge >= 0.3 is 0 Å². The molecule has 0 spiro atoms. The van der Waals surface area contributed by atoms with E-state index in [-0.39, 0.29) is 0 Å². The van der Waals surface area contributed by atoms with Gasteiger partial charge in [-0.2, -0.15) is 0 Å². The molecular formula is C11H18ClNOS. The smallest absolute Gasteiger partial charge is 0.0931 e. The van der Waals surface area contributed by atoms with E-state index in [2.05, 4.69) is 18.0 Å². The topological polar surface area (TPSA) is 23.5 Å². The Morgan fingerprint density at radius 2 is 2.13 bits per heavy atom. The van der Waals surface area contributed by atoms with Crippen LogP contribution in [0.4, 0.5) is 0 Å². The lowest BCUT2D eigenvalue weighted by molar-refractivity contribution is 0.264. The number of hydrogen-bond acceptors (Lipinski definition) is 3. The zero-order chi connectivity index (χ0) is 11.1. The van der Waals surface area contributed by atoms with Crippen molar-refractivity contribution >= 4 is 22.9 Å². The maximum Gasteiger partial charge on any atom is 0.0931 e. The Morgan fingerprint density at radius 1 is 1.33 bits per heavy atom. The molecule has 0 saturated carbocycles. The molecular weight excluding hydrogens is 230 g/mol. The van der Waals surface area contributed by atoms with Crippen LogP contribution in [0.15, 0.2) is 12.1 Å². The summed E-state index contributed by atoms with van der Waals surface area (Å²) in [5.74, 6) is 0. The fourth-order valence-electron chi connectivity index (χ4n) is 1.39. The van der Waals surface area contributed by atoms with Gasteiger partial charge in [-0.1, -0.05) is 11.6 Å². The molecule has 0 aliphatic carbocycles. The molecule has 0 saturated heterocycles. The van der Waals surface area contributed by atoms with Gasteiger partial charge in [-0.15, -0.1) is 11.3 Å². The summed E-state index contributed by atoms with van der Waals surface area (Å²) in [5.41, 5.74) is 0. The Labute approximate surface area is 100 Å². The first-order chi connectivity index (χ1) is 7.22. The monoisotopic (exact) mass is 247 g/mol. The first-order valence-electron chi connectivity index (χ1n) is 5.26. The Kier molecular flexibility index (Phi) is 6.25. The van der Waals surface area contributed by atoms with Crippen LogP contribution in [0.5, 0.6) is 0 Å². The van der Waals surface area contributed by atoms with Gasteiger partial charge in [0.2, 0.25) is 0 Å². The minimum Gasteiger partial charge on any atom is -0.396 e. The Balaban J connectivity index is 2.13. The van der Waals surface area contributed by atoms with E-state index in [0.717, 1.165) is 36.7 Å². The molecule has 0 aliphatic rings. The summed E-state index contributed by atoms with van der Waals surface area (Å²) in [5, 5.41) is 8.66. The van der Waals surface area contributed by atoms with Crippen LogP contribution in [-0.4, -0.2) is 36.8 Å². The molecule has 4 heteroatoms. The van der Waals surface area contributed by atoms with Crippen LogP contribution in [0.2, 0.25) is 4.34 Å². The van der Waals surface area contributed by atoms with Crippen LogP contribution < -0.4 is 0 Å². The summed E-state index contributed by atoms with van der Waals surface area (Å²) in [6, 6.07) is 4.04. The lowest BCUT2D eigenvalue weighted by Crippen LogP contribution is -2.22. The number of likely N-dealkylation sites (N-methyl/N-ethyl adjacent to an activating group) is 1. The zero-order valence-electron chi connectivity index (χ0n) is 9.08. The molecule has 0 aromatic carbocycles. The van der Waals surface area contributed by atoms with E-state index in [1.165, 1.54) is 4.88 Å². The molecule has 0 bridgehead atoms. The average molecular weight is 248 g/mol. The van der Waals surface area contributed by atoms with Crippen molar-refractivity contribution in [3.05, 3.63) is 21.3 Å². The van der Waals surface area contributed by atoms with Crippen molar-refractivity contribution in [2.24, 2.45) is 0 Å². The standard InChI is InChI=1S/C11H18ClNOS/c1-13(7-2-3-9-14)8-6-10-4-5-11(12)15-10/h4-5,14H,2-3,6-9H2,1H3. The summed E-state index contributed by atoms with van der Waals surface area (Å²) in [6.07, 6.45) is 3.03. The molecule has 0 fully saturated rings. The Bertz CT molecular complexity index is 277. The van der Waals surface area contributed by atoms with Gasteiger partial charge in [-0.05, 0) is 45.0 Å². The molecule has 1 rings (SSSR count). The predicted molar refractivity (Wildman–Crippen MR) is 66.8 cm³/mol. The lowest BCUT2D eigenvalue weighted by Gasteiger charge is -2.15. The van der Waals surface area contributed by atoms with Crippen molar-refractivity contribution in [3.63, 3.8) is 0 Å². The van der Waals surface area contributed by atoms with Crippen molar-refractivity contribution in [2.75, 3.05) is 26.7 Å². The third-order valence-electron chi connectivity index (χ3n) is 2.32. The molecule has 0 radical (unpaired) electrons. The maximum absolute atomic E-state index is 8.66. The van der Waals surface area contributed by atoms with Crippen LogP contribution in [0.1, 0.15) is 17.7 Å². The normalized spacial score (nSPS) is 11.2. The number of unbranched alkanes of at least 4 members (excludes halogenated alkanes) is 1. The molecule has 2 nitrogen and oxygen atoms in total. The highest BCUT2D eigenvalue weighted by Crippen LogP contribution is 2.21. The lowest BCUT2D eigenvalue weighted by atomic mass is 10.3. The van der Waals surface area contributed by atoms with E-state index >= 15 is 0 Å². The third kappa shape index (κ3) is 5.52. The van der Waals surface area contributed by atoms with Crippen molar-refractivity contribution in [3.8, 4) is 0 Å². The van der Waals surface area contributed by atoms with Crippen LogP contribution >= 0.6 is 22.9 Å². The molecule has 0 atom stereocenters. The number of thiophene rings is 1. The fraction of sp³-hybridized carbons (Fsp3) is 0.636. The second-order valence-corrected chi connectivity index (χ2v) is 5.49. The van der Waals surface area contributed by atoms with E-state index in [9.17, 15) is 0 Å². The minimum atomic E-state index is 0.300. The first-order valence-corrected chi connectivity index (χ1v) is 6.45. The van der Waals surface area contributed by atoms with Gasteiger partial charge in [0.25, 0.3) is 0 Å². The highest BCUT2D eigenvalue weighted by atomic mass is 35.5. The van der Waals surface area contributed by atoms with Gasteiger partial charge in [0.15, 0.2) is 0 Å². The zero-order valence-corrected chi connectivity index (χ0v) is 10.7. The molecule has 86 valence electrons. The van der Waals surface area contributed by atoms with Crippen molar-refractivity contribution in [1.29, 1.82) is 0 Å². The molecule has 0 amide bonds. The van der Waals surface area contributed by atoms with Crippen molar-refractivity contribution < 1.29 is 5.11 Å². The van der Waals surface area contributed by atoms with Gasteiger partial charge in [-0.3, -0.25) is 0 Å². The summed E-state index contributed by atoms with van der Waals surface area (Å²) >= 11 is 7.51. The predicted octanol–water partition coefficient (Wildman–Crippen LogP) is 2.65.